The Labute approximate surface area is 114 Å². The van der Waals surface area contributed by atoms with Crippen molar-refractivity contribution in [3.63, 3.8) is 0 Å². The van der Waals surface area contributed by atoms with Crippen LogP contribution < -0.4 is 0 Å². The first-order valence-electron chi connectivity index (χ1n) is 6.38. The van der Waals surface area contributed by atoms with Crippen LogP contribution in [0.2, 0.25) is 0 Å². The molecule has 0 amide bonds. The Balaban J connectivity index is 0.000000963. The molecule has 0 heterocycles. The minimum absolute atomic E-state index is 0. The van der Waals surface area contributed by atoms with Crippen molar-refractivity contribution in [2.24, 2.45) is 23.2 Å². The van der Waals surface area contributed by atoms with Gasteiger partial charge in [0.2, 0.25) is 0 Å². The first-order valence-corrected chi connectivity index (χ1v) is 7.29. The summed E-state index contributed by atoms with van der Waals surface area (Å²) in [5, 5.41) is 0. The summed E-state index contributed by atoms with van der Waals surface area (Å²) in [6.45, 7) is 1.30. The zero-order valence-electron chi connectivity index (χ0n) is 10.3. The molecule has 4 saturated carbocycles. The number of alkyl halides is 1. The summed E-state index contributed by atoms with van der Waals surface area (Å²) in [6, 6.07) is 0. The lowest BCUT2D eigenvalue weighted by Crippen LogP contribution is -2.57. The Kier molecular flexibility index (Phi) is 3.65. The molecular formula is C13H23BrClN. The molecule has 16 heavy (non-hydrogen) atoms. The van der Waals surface area contributed by atoms with Crippen LogP contribution in [0.3, 0.4) is 0 Å². The summed E-state index contributed by atoms with van der Waals surface area (Å²) in [6.07, 6.45) is 7.57. The van der Waals surface area contributed by atoms with E-state index in [1.165, 1.54) is 32.2 Å². The third-order valence-electron chi connectivity index (χ3n) is 4.96. The summed E-state index contributed by atoms with van der Waals surface area (Å²) < 4.78 is 0. The van der Waals surface area contributed by atoms with Crippen LogP contribution >= 0.6 is 28.3 Å². The van der Waals surface area contributed by atoms with Crippen molar-refractivity contribution in [1.82, 2.24) is 4.90 Å². The van der Waals surface area contributed by atoms with Gasteiger partial charge in [-0.1, -0.05) is 15.9 Å². The molecule has 4 aliphatic rings. The molecule has 0 aromatic carbocycles. The van der Waals surface area contributed by atoms with E-state index < -0.39 is 0 Å². The van der Waals surface area contributed by atoms with Gasteiger partial charge in [-0.05, 0) is 69.4 Å². The molecule has 0 aliphatic heterocycles. The molecule has 4 fully saturated rings. The average Bonchev–Trinajstić information content (AvgIpc) is 2.11. The summed E-state index contributed by atoms with van der Waals surface area (Å²) >= 11 is 4.04. The van der Waals surface area contributed by atoms with Crippen molar-refractivity contribution in [3.8, 4) is 0 Å². The highest BCUT2D eigenvalue weighted by atomic mass is 79.9. The fraction of sp³-hybridized carbons (Fsp3) is 1.00. The molecule has 4 aliphatic carbocycles. The summed E-state index contributed by atoms with van der Waals surface area (Å²) in [4.78, 5) is 3.21. The Morgan fingerprint density at radius 3 is 2.19 bits per heavy atom. The number of nitrogens with zero attached hydrogens (tertiary/aromatic N) is 1. The lowest BCUT2D eigenvalue weighted by Gasteiger charge is -2.60. The highest BCUT2D eigenvalue weighted by Gasteiger charge is 2.55. The van der Waals surface area contributed by atoms with Crippen LogP contribution in [0.15, 0.2) is 0 Å². The van der Waals surface area contributed by atoms with Crippen LogP contribution in [0.25, 0.3) is 0 Å². The van der Waals surface area contributed by atoms with Crippen molar-refractivity contribution < 1.29 is 0 Å². The maximum Gasteiger partial charge on any atom is 0.0243 e. The van der Waals surface area contributed by atoms with Gasteiger partial charge in [0.1, 0.15) is 0 Å². The first kappa shape index (κ1) is 13.2. The lowest BCUT2D eigenvalue weighted by molar-refractivity contribution is -0.0541. The van der Waals surface area contributed by atoms with E-state index in [0.29, 0.717) is 5.41 Å². The normalized spacial score (nSPS) is 49.5. The van der Waals surface area contributed by atoms with Crippen LogP contribution in [0, 0.1) is 23.2 Å². The van der Waals surface area contributed by atoms with E-state index in [1.807, 2.05) is 0 Å². The second-order valence-electron chi connectivity index (χ2n) is 6.61. The number of hydrogen-bond donors (Lipinski definition) is 0. The van der Waals surface area contributed by atoms with Gasteiger partial charge in [0, 0.05) is 11.4 Å². The Bertz CT molecular complexity index is 249. The molecule has 4 bridgehead atoms. The van der Waals surface area contributed by atoms with Gasteiger partial charge in [-0.3, -0.25) is 0 Å². The van der Waals surface area contributed by atoms with E-state index in [0.717, 1.165) is 22.6 Å². The van der Waals surface area contributed by atoms with Crippen LogP contribution in [0.4, 0.5) is 0 Å². The maximum absolute atomic E-state index is 4.04. The smallest absolute Gasteiger partial charge is 0.0243 e. The zero-order chi connectivity index (χ0) is 10.6. The molecule has 0 radical (unpaired) electrons. The molecule has 0 saturated heterocycles. The monoisotopic (exact) mass is 307 g/mol. The average molecular weight is 309 g/mol. The highest BCUT2D eigenvalue weighted by Crippen LogP contribution is 2.62. The van der Waals surface area contributed by atoms with Crippen molar-refractivity contribution >= 4 is 28.3 Å². The van der Waals surface area contributed by atoms with E-state index in [2.05, 4.69) is 34.9 Å². The molecule has 3 unspecified atom stereocenters. The molecule has 94 valence electrons. The molecular weight excluding hydrogens is 286 g/mol. The van der Waals surface area contributed by atoms with Gasteiger partial charge in [0.15, 0.2) is 0 Å². The van der Waals surface area contributed by atoms with Crippen LogP contribution in [0.5, 0.6) is 0 Å². The van der Waals surface area contributed by atoms with Crippen molar-refractivity contribution in [2.45, 2.75) is 36.9 Å². The molecule has 3 heteroatoms. The molecule has 0 aromatic heterocycles. The Morgan fingerprint density at radius 2 is 1.69 bits per heavy atom. The SMILES string of the molecule is CN(C)CC12CC3CC(CC(C3)C1Br)C2.Cl. The van der Waals surface area contributed by atoms with Crippen LogP contribution in [-0.4, -0.2) is 30.4 Å². The Hall–Kier alpha value is 0.730. The second kappa shape index (κ2) is 4.44. The Morgan fingerprint density at radius 1 is 1.12 bits per heavy atom. The van der Waals surface area contributed by atoms with E-state index in [9.17, 15) is 0 Å². The van der Waals surface area contributed by atoms with E-state index in [4.69, 9.17) is 0 Å². The van der Waals surface area contributed by atoms with Gasteiger partial charge in [-0.2, -0.15) is 0 Å². The van der Waals surface area contributed by atoms with Crippen molar-refractivity contribution in [3.05, 3.63) is 0 Å². The topological polar surface area (TPSA) is 3.24 Å². The molecule has 4 rings (SSSR count). The minimum Gasteiger partial charge on any atom is -0.309 e. The maximum atomic E-state index is 4.04. The zero-order valence-corrected chi connectivity index (χ0v) is 12.7. The standard InChI is InChI=1S/C13H22BrN.ClH/c1-15(2)8-13-6-9-3-10(7-13)5-11(4-9)12(13)14;/h9-12H,3-8H2,1-2H3;1H. The number of rotatable bonds is 2. The molecule has 1 nitrogen and oxygen atoms in total. The van der Waals surface area contributed by atoms with E-state index in [1.54, 1.807) is 6.42 Å². The molecule has 0 N–H and O–H groups in total. The van der Waals surface area contributed by atoms with Crippen molar-refractivity contribution in [1.29, 1.82) is 0 Å². The van der Waals surface area contributed by atoms with Crippen LogP contribution in [0.1, 0.15) is 32.1 Å². The predicted molar refractivity (Wildman–Crippen MR) is 74.5 cm³/mol. The van der Waals surface area contributed by atoms with E-state index in [-0.39, 0.29) is 12.4 Å². The fourth-order valence-electron chi connectivity index (χ4n) is 4.99. The van der Waals surface area contributed by atoms with Gasteiger partial charge in [0.05, 0.1) is 0 Å². The van der Waals surface area contributed by atoms with Crippen LogP contribution in [-0.2, 0) is 0 Å². The second-order valence-corrected chi connectivity index (χ2v) is 7.60. The molecule has 3 atom stereocenters. The third kappa shape index (κ3) is 1.95. The minimum atomic E-state index is 0. The first-order chi connectivity index (χ1) is 7.09. The molecule has 0 spiro atoms. The number of hydrogen-bond acceptors (Lipinski definition) is 1. The summed E-state index contributed by atoms with van der Waals surface area (Å²) in [7, 11) is 4.47. The highest BCUT2D eigenvalue weighted by molar-refractivity contribution is 9.09. The molecule has 0 aromatic rings. The quantitative estimate of drug-likeness (QED) is 0.705. The van der Waals surface area contributed by atoms with Gasteiger partial charge in [0.25, 0.3) is 0 Å². The fourth-order valence-corrected chi connectivity index (χ4v) is 5.94. The largest absolute Gasteiger partial charge is 0.309 e. The third-order valence-corrected chi connectivity index (χ3v) is 6.68. The summed E-state index contributed by atoms with van der Waals surface area (Å²) in [5.74, 6) is 3.13. The number of halogens is 2. The van der Waals surface area contributed by atoms with Crippen molar-refractivity contribution in [2.75, 3.05) is 20.6 Å². The van der Waals surface area contributed by atoms with Gasteiger partial charge >= 0.3 is 0 Å². The lowest BCUT2D eigenvalue weighted by atomic mass is 9.49. The summed E-state index contributed by atoms with van der Waals surface area (Å²) in [5.41, 5.74) is 0.623. The van der Waals surface area contributed by atoms with E-state index >= 15 is 0 Å². The predicted octanol–water partition coefficient (Wildman–Crippen LogP) is 3.56. The van der Waals surface area contributed by atoms with Gasteiger partial charge in [-0.15, -0.1) is 12.4 Å². The van der Waals surface area contributed by atoms with Gasteiger partial charge in [-0.25, -0.2) is 0 Å². The van der Waals surface area contributed by atoms with Gasteiger partial charge < -0.3 is 4.90 Å².